The zero-order valence-corrected chi connectivity index (χ0v) is 18.5. The molecule has 4 atom stereocenters. The Morgan fingerprint density at radius 3 is 2.51 bits per heavy atom. The molecule has 0 saturated carbocycles. The van der Waals surface area contributed by atoms with Crippen LogP contribution in [0.5, 0.6) is 0 Å². The molecular formula is C26H19N3O6. The summed E-state index contributed by atoms with van der Waals surface area (Å²) in [6.45, 7) is 1.62. The van der Waals surface area contributed by atoms with Crippen LogP contribution in [0.25, 0.3) is 6.08 Å². The second-order valence-electron chi connectivity index (χ2n) is 8.91. The smallest absolute Gasteiger partial charge is 0.269 e. The highest BCUT2D eigenvalue weighted by Crippen LogP contribution is 2.54. The maximum Gasteiger partial charge on any atom is 0.269 e. The topological polar surface area (TPSA) is 114 Å². The van der Waals surface area contributed by atoms with Gasteiger partial charge < -0.3 is 9.32 Å². The average Bonchev–Trinajstić information content (AvgIpc) is 3.56. The number of nitro groups is 1. The van der Waals surface area contributed by atoms with Crippen LogP contribution >= 0.6 is 0 Å². The molecule has 9 heteroatoms. The Kier molecular flexibility index (Phi) is 4.50. The molecule has 0 N–H and O–H groups in total. The van der Waals surface area contributed by atoms with Gasteiger partial charge in [0.05, 0.1) is 34.8 Å². The highest BCUT2D eigenvalue weighted by Gasteiger charge is 2.65. The van der Waals surface area contributed by atoms with Crippen LogP contribution < -0.4 is 4.90 Å². The van der Waals surface area contributed by atoms with Crippen molar-refractivity contribution in [2.75, 3.05) is 4.90 Å². The number of imide groups is 1. The van der Waals surface area contributed by atoms with Gasteiger partial charge in [-0.3, -0.25) is 24.5 Å². The number of rotatable bonds is 4. The lowest BCUT2D eigenvalue weighted by Gasteiger charge is -2.35. The Balaban J connectivity index is 1.49. The van der Waals surface area contributed by atoms with Crippen molar-refractivity contribution in [3.63, 3.8) is 0 Å². The molecule has 6 rings (SSSR count). The first-order chi connectivity index (χ1) is 16.9. The normalized spacial score (nSPS) is 24.4. The van der Waals surface area contributed by atoms with Crippen LogP contribution in [0.4, 0.5) is 11.4 Å². The molecular weight excluding hydrogens is 450 g/mol. The third-order valence-corrected chi connectivity index (χ3v) is 7.13. The van der Waals surface area contributed by atoms with E-state index >= 15 is 0 Å². The number of benzene rings is 2. The van der Waals surface area contributed by atoms with Gasteiger partial charge >= 0.3 is 0 Å². The van der Waals surface area contributed by atoms with Crippen molar-refractivity contribution in [1.82, 2.24) is 4.90 Å². The summed E-state index contributed by atoms with van der Waals surface area (Å²) in [4.78, 5) is 54.8. The molecule has 2 saturated heterocycles. The van der Waals surface area contributed by atoms with E-state index < -0.39 is 40.7 Å². The van der Waals surface area contributed by atoms with Crippen molar-refractivity contribution >= 4 is 35.0 Å². The van der Waals surface area contributed by atoms with E-state index in [9.17, 15) is 24.5 Å². The van der Waals surface area contributed by atoms with Crippen molar-refractivity contribution in [2.45, 2.75) is 19.0 Å². The predicted molar refractivity (Wildman–Crippen MR) is 124 cm³/mol. The fourth-order valence-electron chi connectivity index (χ4n) is 5.66. The lowest BCUT2D eigenvalue weighted by Crippen LogP contribution is -2.44. The van der Waals surface area contributed by atoms with Gasteiger partial charge in [0.1, 0.15) is 6.04 Å². The second kappa shape index (κ2) is 7.49. The van der Waals surface area contributed by atoms with Crippen LogP contribution in [-0.2, 0) is 9.59 Å². The van der Waals surface area contributed by atoms with E-state index in [1.165, 1.54) is 24.5 Å². The van der Waals surface area contributed by atoms with Gasteiger partial charge in [0, 0.05) is 18.3 Å². The fraction of sp³-hybridized carbons (Fsp3) is 0.192. The molecule has 0 radical (unpaired) electrons. The number of nitro benzene ring substituents is 1. The Hall–Kier alpha value is -4.53. The molecule has 174 valence electrons. The molecule has 3 aliphatic heterocycles. The van der Waals surface area contributed by atoms with Gasteiger partial charge in [-0.05, 0) is 47.9 Å². The lowest BCUT2D eigenvalue weighted by molar-refractivity contribution is -0.384. The number of hydrogen-bond donors (Lipinski definition) is 0. The van der Waals surface area contributed by atoms with Crippen LogP contribution in [0, 0.1) is 28.9 Å². The van der Waals surface area contributed by atoms with Crippen LogP contribution in [0.15, 0.2) is 71.5 Å². The Labute approximate surface area is 199 Å². The first-order valence-corrected chi connectivity index (χ1v) is 11.1. The van der Waals surface area contributed by atoms with Gasteiger partial charge in [-0.2, -0.15) is 0 Å². The molecule has 3 aliphatic rings. The number of anilines is 1. The zero-order valence-electron chi connectivity index (χ0n) is 18.5. The highest BCUT2D eigenvalue weighted by molar-refractivity contribution is 6.25. The first-order valence-electron chi connectivity index (χ1n) is 11.1. The summed E-state index contributed by atoms with van der Waals surface area (Å²) in [6.07, 6.45) is 5.05. The molecule has 4 heterocycles. The van der Waals surface area contributed by atoms with Crippen molar-refractivity contribution < 1.29 is 23.7 Å². The average molecular weight is 469 g/mol. The molecule has 2 fully saturated rings. The number of aryl methyl sites for hydroxylation is 1. The van der Waals surface area contributed by atoms with E-state index in [4.69, 9.17) is 4.42 Å². The number of hydrogen-bond acceptors (Lipinski definition) is 7. The quantitative estimate of drug-likeness (QED) is 0.246. The molecule has 9 nitrogen and oxygen atoms in total. The number of Topliss-reactive ketones (excluding diaryl/α,β-unsaturated/α-hetero) is 1. The Morgan fingerprint density at radius 1 is 1.03 bits per heavy atom. The summed E-state index contributed by atoms with van der Waals surface area (Å²) >= 11 is 0. The third-order valence-electron chi connectivity index (χ3n) is 7.13. The van der Waals surface area contributed by atoms with Crippen molar-refractivity contribution in [2.24, 2.45) is 11.8 Å². The van der Waals surface area contributed by atoms with Crippen LogP contribution in [-0.4, -0.2) is 33.5 Å². The maximum atomic E-state index is 13.9. The minimum absolute atomic E-state index is 0.117. The third kappa shape index (κ3) is 2.91. The van der Waals surface area contributed by atoms with Crippen LogP contribution in [0.3, 0.4) is 0 Å². The summed E-state index contributed by atoms with van der Waals surface area (Å²) in [5, 5.41) is 11.2. The van der Waals surface area contributed by atoms with Crippen LogP contribution in [0.1, 0.15) is 33.3 Å². The lowest BCUT2D eigenvalue weighted by atomic mass is 9.84. The number of furan rings is 1. The van der Waals surface area contributed by atoms with E-state index in [1.807, 2.05) is 30.3 Å². The SMILES string of the molecule is Cc1cc([N+](=O)[O-])ccc1N1C(=O)[C@@H]2[C@H](C1=O)[C@@H]1c3ccccc3C=CN1[C@@H]2C(=O)c1ccco1. The first kappa shape index (κ1) is 21.0. The number of ketones is 1. The second-order valence-corrected chi connectivity index (χ2v) is 8.91. The van der Waals surface area contributed by atoms with E-state index in [0.29, 0.717) is 5.56 Å². The van der Waals surface area contributed by atoms with E-state index in [-0.39, 0.29) is 22.9 Å². The molecule has 0 bridgehead atoms. The maximum absolute atomic E-state index is 13.9. The van der Waals surface area contributed by atoms with Crippen molar-refractivity contribution in [3.8, 4) is 0 Å². The molecule has 3 aromatic rings. The van der Waals surface area contributed by atoms with Gasteiger partial charge in [-0.25, -0.2) is 4.90 Å². The summed E-state index contributed by atoms with van der Waals surface area (Å²) in [7, 11) is 0. The summed E-state index contributed by atoms with van der Waals surface area (Å²) in [5.74, 6) is -2.91. The number of fused-ring (bicyclic) bond motifs is 5. The van der Waals surface area contributed by atoms with Crippen molar-refractivity contribution in [3.05, 3.63) is 99.6 Å². The van der Waals surface area contributed by atoms with Gasteiger partial charge in [0.2, 0.25) is 17.6 Å². The molecule has 0 unspecified atom stereocenters. The number of carbonyl (C=O) groups is 3. The summed E-state index contributed by atoms with van der Waals surface area (Å²) in [5.41, 5.74) is 2.37. The summed E-state index contributed by atoms with van der Waals surface area (Å²) in [6, 6.07) is 13.3. The molecule has 0 aliphatic carbocycles. The Bertz CT molecular complexity index is 1440. The minimum atomic E-state index is -0.935. The van der Waals surface area contributed by atoms with Crippen molar-refractivity contribution in [1.29, 1.82) is 0 Å². The van der Waals surface area contributed by atoms with Gasteiger partial charge in [0.25, 0.3) is 5.69 Å². The molecule has 2 aromatic carbocycles. The largest absolute Gasteiger partial charge is 0.461 e. The van der Waals surface area contributed by atoms with Gasteiger partial charge in [-0.15, -0.1) is 0 Å². The molecule has 2 amide bonds. The fourth-order valence-corrected chi connectivity index (χ4v) is 5.66. The molecule has 35 heavy (non-hydrogen) atoms. The van der Waals surface area contributed by atoms with E-state index in [1.54, 1.807) is 30.2 Å². The van der Waals surface area contributed by atoms with Gasteiger partial charge in [-0.1, -0.05) is 24.3 Å². The van der Waals surface area contributed by atoms with E-state index in [0.717, 1.165) is 16.0 Å². The zero-order chi connectivity index (χ0) is 24.4. The Morgan fingerprint density at radius 2 is 1.80 bits per heavy atom. The number of carbonyl (C=O) groups excluding carboxylic acids is 3. The van der Waals surface area contributed by atoms with E-state index in [2.05, 4.69) is 0 Å². The monoisotopic (exact) mass is 469 g/mol. The summed E-state index contributed by atoms with van der Waals surface area (Å²) < 4.78 is 5.36. The standard InChI is InChI=1S/C26H19N3O6/c1-14-13-16(29(33)34)8-9-18(14)28-25(31)20-21(26(28)32)23(24(30)19-7-4-12-35-19)27-11-10-15-5-2-3-6-17(15)22(20)27/h2-13,20-23H,1H3/t20-,21+,22-,23-/m0/s1. The minimum Gasteiger partial charge on any atom is -0.461 e. The molecule has 1 aromatic heterocycles. The number of non-ortho nitro benzene ring substituents is 1. The number of nitrogens with zero attached hydrogens (tertiary/aromatic N) is 3. The highest BCUT2D eigenvalue weighted by atomic mass is 16.6. The number of amides is 2. The van der Waals surface area contributed by atoms with Gasteiger partial charge in [0.15, 0.2) is 5.76 Å². The van der Waals surface area contributed by atoms with Crippen LogP contribution in [0.2, 0.25) is 0 Å². The predicted octanol–water partition coefficient (Wildman–Crippen LogP) is 3.89. The molecule has 0 spiro atoms.